The second-order valence-electron chi connectivity index (χ2n) is 3.62. The minimum Gasteiger partial charge on any atom is -0.375 e. The van der Waals surface area contributed by atoms with Crippen molar-refractivity contribution in [3.05, 3.63) is 40.1 Å². The summed E-state index contributed by atoms with van der Waals surface area (Å²) in [5.74, 6) is -0.529. The standard InChI is InChI=1S/C10H9N5O3S/c11-10(19)14-13-9(16)7-4-5-6(12-7)2-1-3-8(5)15(17)18/h1-4,12H,(H,13,16)(H3,11,14,19). The number of carbonyl (C=O) groups is 1. The van der Waals surface area contributed by atoms with Crippen LogP contribution in [0.1, 0.15) is 10.5 Å². The van der Waals surface area contributed by atoms with Crippen LogP contribution >= 0.6 is 12.2 Å². The third kappa shape index (κ3) is 2.60. The average molecular weight is 279 g/mol. The first-order valence-electron chi connectivity index (χ1n) is 5.11. The van der Waals surface area contributed by atoms with Crippen molar-refractivity contribution in [1.82, 2.24) is 15.8 Å². The van der Waals surface area contributed by atoms with E-state index in [0.29, 0.717) is 10.9 Å². The summed E-state index contributed by atoms with van der Waals surface area (Å²) in [4.78, 5) is 24.8. The molecule has 98 valence electrons. The molecule has 0 saturated carbocycles. The van der Waals surface area contributed by atoms with Crippen molar-refractivity contribution in [2.45, 2.75) is 0 Å². The number of aromatic nitrogens is 1. The number of carbonyl (C=O) groups excluding carboxylic acids is 1. The van der Waals surface area contributed by atoms with Gasteiger partial charge >= 0.3 is 0 Å². The topological polar surface area (TPSA) is 126 Å². The molecule has 1 heterocycles. The maximum Gasteiger partial charge on any atom is 0.286 e. The number of hydrazine groups is 1. The summed E-state index contributed by atoms with van der Waals surface area (Å²) < 4.78 is 0. The van der Waals surface area contributed by atoms with Gasteiger partial charge < -0.3 is 10.7 Å². The molecule has 0 fully saturated rings. The second kappa shape index (κ2) is 4.90. The molecule has 0 radical (unpaired) electrons. The van der Waals surface area contributed by atoms with E-state index >= 15 is 0 Å². The molecule has 5 N–H and O–H groups in total. The number of nitrogens with one attached hydrogen (secondary N) is 3. The minimum atomic E-state index is -0.529. The van der Waals surface area contributed by atoms with Crippen molar-refractivity contribution in [1.29, 1.82) is 0 Å². The number of amides is 1. The van der Waals surface area contributed by atoms with Gasteiger partial charge in [0, 0.05) is 6.07 Å². The van der Waals surface area contributed by atoms with Gasteiger partial charge in [-0.3, -0.25) is 25.8 Å². The summed E-state index contributed by atoms with van der Waals surface area (Å²) in [6.45, 7) is 0. The number of nitro groups is 1. The Morgan fingerprint density at radius 1 is 1.42 bits per heavy atom. The lowest BCUT2D eigenvalue weighted by atomic mass is 10.2. The highest BCUT2D eigenvalue weighted by Gasteiger charge is 2.16. The number of rotatable bonds is 2. The Balaban J connectivity index is 2.36. The highest BCUT2D eigenvalue weighted by molar-refractivity contribution is 7.80. The van der Waals surface area contributed by atoms with Gasteiger partial charge in [0.2, 0.25) is 0 Å². The fourth-order valence-electron chi connectivity index (χ4n) is 1.61. The number of nitro benzene ring substituents is 1. The monoisotopic (exact) mass is 279 g/mol. The molecule has 0 aliphatic heterocycles. The average Bonchev–Trinajstić information content (AvgIpc) is 2.78. The van der Waals surface area contributed by atoms with Crippen LogP contribution in [0.2, 0.25) is 0 Å². The zero-order valence-corrected chi connectivity index (χ0v) is 10.3. The molecule has 2 rings (SSSR count). The van der Waals surface area contributed by atoms with Crippen LogP contribution in [0.25, 0.3) is 10.9 Å². The Labute approximate surface area is 112 Å². The third-order valence-corrected chi connectivity index (χ3v) is 2.48. The molecule has 0 aliphatic rings. The van der Waals surface area contributed by atoms with Crippen LogP contribution in [0.15, 0.2) is 24.3 Å². The Kier molecular flexibility index (Phi) is 3.29. The summed E-state index contributed by atoms with van der Waals surface area (Å²) in [7, 11) is 0. The van der Waals surface area contributed by atoms with Gasteiger partial charge in [0.15, 0.2) is 5.11 Å². The zero-order valence-electron chi connectivity index (χ0n) is 9.47. The predicted octanol–water partition coefficient (Wildman–Crippen LogP) is 0.554. The van der Waals surface area contributed by atoms with Crippen LogP contribution < -0.4 is 16.6 Å². The van der Waals surface area contributed by atoms with Crippen molar-refractivity contribution in [3.63, 3.8) is 0 Å². The molecule has 0 spiro atoms. The first-order chi connectivity index (χ1) is 8.99. The quantitative estimate of drug-likeness (QED) is 0.361. The lowest BCUT2D eigenvalue weighted by Crippen LogP contribution is -2.44. The van der Waals surface area contributed by atoms with Crippen molar-refractivity contribution in [2.75, 3.05) is 0 Å². The van der Waals surface area contributed by atoms with Crippen LogP contribution in [0.4, 0.5) is 5.69 Å². The molecule has 1 amide bonds. The molecule has 19 heavy (non-hydrogen) atoms. The number of aromatic amines is 1. The Morgan fingerprint density at radius 3 is 2.79 bits per heavy atom. The summed E-state index contributed by atoms with van der Waals surface area (Å²) in [5, 5.41) is 11.1. The fraction of sp³-hybridized carbons (Fsp3) is 0. The number of non-ortho nitro benzene ring substituents is 1. The van der Waals surface area contributed by atoms with Gasteiger partial charge in [0.25, 0.3) is 11.6 Å². The van der Waals surface area contributed by atoms with E-state index in [1.54, 1.807) is 6.07 Å². The van der Waals surface area contributed by atoms with Gasteiger partial charge in [0.1, 0.15) is 5.69 Å². The van der Waals surface area contributed by atoms with Crippen molar-refractivity contribution < 1.29 is 9.72 Å². The number of hydrogen-bond acceptors (Lipinski definition) is 4. The maximum atomic E-state index is 11.7. The van der Waals surface area contributed by atoms with E-state index in [2.05, 4.69) is 28.1 Å². The third-order valence-electron chi connectivity index (χ3n) is 2.38. The molecule has 8 nitrogen and oxygen atoms in total. The van der Waals surface area contributed by atoms with E-state index in [0.717, 1.165) is 0 Å². The van der Waals surface area contributed by atoms with Crippen LogP contribution in [-0.2, 0) is 0 Å². The fourth-order valence-corrected chi connectivity index (χ4v) is 1.66. The SMILES string of the molecule is NC(=S)NNC(=O)c1cc2c([N+](=O)[O-])cccc2[nH]1. The normalized spacial score (nSPS) is 10.1. The van der Waals surface area contributed by atoms with Crippen molar-refractivity contribution in [2.24, 2.45) is 5.73 Å². The van der Waals surface area contributed by atoms with E-state index in [1.807, 2.05) is 0 Å². The van der Waals surface area contributed by atoms with Gasteiger partial charge in [-0.1, -0.05) is 6.07 Å². The van der Waals surface area contributed by atoms with Gasteiger partial charge in [-0.25, -0.2) is 0 Å². The molecule has 0 saturated heterocycles. The predicted molar refractivity (Wildman–Crippen MR) is 72.3 cm³/mol. The lowest BCUT2D eigenvalue weighted by molar-refractivity contribution is -0.383. The molecule has 0 unspecified atom stereocenters. The number of H-pyrrole nitrogens is 1. The van der Waals surface area contributed by atoms with Crippen LogP contribution in [-0.4, -0.2) is 20.9 Å². The van der Waals surface area contributed by atoms with E-state index in [-0.39, 0.29) is 16.5 Å². The Bertz CT molecular complexity index is 681. The summed E-state index contributed by atoms with van der Waals surface area (Å²) >= 11 is 4.54. The van der Waals surface area contributed by atoms with Gasteiger partial charge in [-0.15, -0.1) is 0 Å². The van der Waals surface area contributed by atoms with Gasteiger partial charge in [-0.2, -0.15) is 0 Å². The summed E-state index contributed by atoms with van der Waals surface area (Å²) in [6.07, 6.45) is 0. The Hall–Kier alpha value is -2.68. The highest BCUT2D eigenvalue weighted by atomic mass is 32.1. The van der Waals surface area contributed by atoms with Gasteiger partial charge in [0.05, 0.1) is 15.8 Å². The first-order valence-corrected chi connectivity index (χ1v) is 5.52. The first kappa shape index (κ1) is 12.8. The summed E-state index contributed by atoms with van der Waals surface area (Å²) in [6, 6.07) is 5.93. The van der Waals surface area contributed by atoms with E-state index < -0.39 is 10.8 Å². The maximum absolute atomic E-state index is 11.7. The highest BCUT2D eigenvalue weighted by Crippen LogP contribution is 2.25. The number of nitrogens with two attached hydrogens (primary N) is 1. The smallest absolute Gasteiger partial charge is 0.286 e. The molecule has 2 aromatic rings. The molecule has 0 atom stereocenters. The number of nitrogens with zero attached hydrogens (tertiary/aromatic N) is 1. The number of fused-ring (bicyclic) bond motifs is 1. The molecule has 9 heteroatoms. The minimum absolute atomic E-state index is 0.0740. The summed E-state index contributed by atoms with van der Waals surface area (Å²) in [5.41, 5.74) is 10.3. The number of hydrogen-bond donors (Lipinski definition) is 4. The second-order valence-corrected chi connectivity index (χ2v) is 4.06. The number of thiocarbonyl (C=S) groups is 1. The Morgan fingerprint density at radius 2 is 2.16 bits per heavy atom. The van der Waals surface area contributed by atoms with Crippen LogP contribution in [0.3, 0.4) is 0 Å². The van der Waals surface area contributed by atoms with Gasteiger partial charge in [-0.05, 0) is 24.4 Å². The molecule has 0 bridgehead atoms. The van der Waals surface area contributed by atoms with Crippen molar-refractivity contribution in [3.8, 4) is 0 Å². The largest absolute Gasteiger partial charge is 0.375 e. The molecule has 1 aromatic heterocycles. The van der Waals surface area contributed by atoms with Crippen molar-refractivity contribution >= 4 is 39.8 Å². The molecule has 1 aromatic carbocycles. The lowest BCUT2D eigenvalue weighted by Gasteiger charge is -2.03. The molecular weight excluding hydrogens is 270 g/mol. The molecular formula is C10H9N5O3S. The van der Waals surface area contributed by atoms with Crippen LogP contribution in [0.5, 0.6) is 0 Å². The van der Waals surface area contributed by atoms with E-state index in [9.17, 15) is 14.9 Å². The molecule has 0 aliphatic carbocycles. The van der Waals surface area contributed by atoms with Crippen LogP contribution in [0, 0.1) is 10.1 Å². The van der Waals surface area contributed by atoms with E-state index in [1.165, 1.54) is 18.2 Å². The number of benzene rings is 1. The van der Waals surface area contributed by atoms with E-state index in [4.69, 9.17) is 5.73 Å². The zero-order chi connectivity index (χ0) is 14.0.